The first kappa shape index (κ1) is 12.4. The average molecular weight is 260 g/mol. The molecule has 1 fully saturated rings. The van der Waals surface area contributed by atoms with Crippen molar-refractivity contribution in [1.82, 2.24) is 15.0 Å². The molecule has 5 nitrogen and oxygen atoms in total. The van der Waals surface area contributed by atoms with Crippen LogP contribution < -0.4 is 4.90 Å². The average Bonchev–Trinajstić information content (AvgIpc) is 2.73. The van der Waals surface area contributed by atoms with Crippen LogP contribution in [0.4, 0.5) is 5.82 Å². The molecule has 3 heterocycles. The number of aliphatic hydroxyl groups excluding tert-OH is 1. The minimum absolute atomic E-state index is 0.246. The fourth-order valence-corrected chi connectivity index (χ4v) is 2.43. The molecule has 5 heteroatoms. The van der Waals surface area contributed by atoms with Crippen LogP contribution in [0.5, 0.6) is 0 Å². The molecular weight excluding hydrogens is 240 g/mol. The molecule has 1 aliphatic heterocycles. The van der Waals surface area contributed by atoms with Gasteiger partial charge >= 0.3 is 0 Å². The Hall–Kier alpha value is -1.62. The van der Waals surface area contributed by atoms with Crippen LogP contribution in [-0.2, 0) is 0 Å². The first-order chi connectivity index (χ1) is 9.06. The Balaban J connectivity index is 1.96. The Kier molecular flexibility index (Phi) is 2.93. The highest BCUT2D eigenvalue weighted by Gasteiger charge is 2.32. The zero-order valence-electron chi connectivity index (χ0n) is 11.6. The third-order valence-corrected chi connectivity index (χ3v) is 3.82. The van der Waals surface area contributed by atoms with Gasteiger partial charge in [-0.3, -0.25) is 0 Å². The van der Waals surface area contributed by atoms with Crippen molar-refractivity contribution >= 4 is 16.9 Å². The van der Waals surface area contributed by atoms with Crippen molar-refractivity contribution in [3.63, 3.8) is 0 Å². The third-order valence-electron chi connectivity index (χ3n) is 3.82. The molecule has 2 aromatic rings. The molecule has 2 N–H and O–H groups in total. The molecule has 19 heavy (non-hydrogen) atoms. The van der Waals surface area contributed by atoms with Crippen molar-refractivity contribution in [2.45, 2.75) is 32.8 Å². The molecule has 1 aliphatic rings. The summed E-state index contributed by atoms with van der Waals surface area (Å²) in [5.74, 6) is 2.52. The second kappa shape index (κ2) is 4.49. The molecule has 1 atom stereocenters. The summed E-state index contributed by atoms with van der Waals surface area (Å²) < 4.78 is 0. The quantitative estimate of drug-likeness (QED) is 0.884. The lowest BCUT2D eigenvalue weighted by molar-refractivity contribution is 0.107. The summed E-state index contributed by atoms with van der Waals surface area (Å²) in [6.45, 7) is 7.79. The van der Waals surface area contributed by atoms with Crippen molar-refractivity contribution in [2.24, 2.45) is 5.92 Å². The van der Waals surface area contributed by atoms with Gasteiger partial charge in [0.15, 0.2) is 0 Å². The smallest absolute Gasteiger partial charge is 0.143 e. The molecule has 102 valence electrons. The summed E-state index contributed by atoms with van der Waals surface area (Å²) in [5, 5.41) is 10.7. The first-order valence-corrected chi connectivity index (χ1v) is 6.84. The van der Waals surface area contributed by atoms with E-state index in [2.05, 4.69) is 28.7 Å². The van der Waals surface area contributed by atoms with Crippen LogP contribution in [0.1, 0.15) is 32.5 Å². The number of fused-ring (bicyclic) bond motifs is 1. The largest absolute Gasteiger partial charge is 0.393 e. The van der Waals surface area contributed by atoms with Crippen molar-refractivity contribution in [2.75, 3.05) is 18.0 Å². The first-order valence-electron chi connectivity index (χ1n) is 6.84. The molecule has 1 saturated heterocycles. The Morgan fingerprint density at radius 1 is 1.32 bits per heavy atom. The molecular formula is C14H20N4O. The lowest BCUT2D eigenvalue weighted by atomic mass is 9.94. The maximum absolute atomic E-state index is 9.59. The fourth-order valence-electron chi connectivity index (χ4n) is 2.43. The van der Waals surface area contributed by atoms with E-state index in [1.54, 1.807) is 0 Å². The molecule has 3 rings (SSSR count). The Morgan fingerprint density at radius 2 is 2.05 bits per heavy atom. The van der Waals surface area contributed by atoms with Crippen molar-refractivity contribution in [1.29, 1.82) is 0 Å². The number of aromatic amines is 1. The van der Waals surface area contributed by atoms with E-state index in [4.69, 9.17) is 4.98 Å². The summed E-state index contributed by atoms with van der Waals surface area (Å²) >= 11 is 0. The molecule has 2 aromatic heterocycles. The van der Waals surface area contributed by atoms with Crippen LogP contribution in [0.25, 0.3) is 11.0 Å². The zero-order chi connectivity index (χ0) is 13.6. The molecule has 0 aromatic carbocycles. The normalized spacial score (nSPS) is 18.1. The van der Waals surface area contributed by atoms with E-state index in [9.17, 15) is 5.11 Å². The number of aromatic nitrogens is 3. The predicted octanol–water partition coefficient (Wildman–Crippen LogP) is 1.90. The van der Waals surface area contributed by atoms with Gasteiger partial charge in [-0.05, 0) is 13.0 Å². The Morgan fingerprint density at radius 3 is 2.68 bits per heavy atom. The standard InChI is InChI=1S/C14H20N4O/c1-8(2)12-16-13-11(4-5-15-13)14(17-12)18-6-10(7-18)9(3)19/h4-5,8-10,19H,6-7H2,1-3H3,(H,15,16,17). The highest BCUT2D eigenvalue weighted by atomic mass is 16.3. The SMILES string of the molecule is CC(C)c1nc(N2CC(C(C)O)C2)c2cc[nH]c2n1. The lowest BCUT2D eigenvalue weighted by Crippen LogP contribution is -2.51. The molecule has 0 amide bonds. The lowest BCUT2D eigenvalue weighted by Gasteiger charge is -2.42. The minimum Gasteiger partial charge on any atom is -0.393 e. The summed E-state index contributed by atoms with van der Waals surface area (Å²) in [5.41, 5.74) is 0.897. The van der Waals surface area contributed by atoms with E-state index in [-0.39, 0.29) is 6.10 Å². The van der Waals surface area contributed by atoms with Crippen molar-refractivity contribution in [3.8, 4) is 0 Å². The van der Waals surface area contributed by atoms with Gasteiger partial charge in [-0.1, -0.05) is 13.8 Å². The Bertz CT molecular complexity index is 584. The van der Waals surface area contributed by atoms with E-state index >= 15 is 0 Å². The van der Waals surface area contributed by atoms with Gasteiger partial charge in [0.05, 0.1) is 11.5 Å². The molecule has 0 aliphatic carbocycles. The number of H-pyrrole nitrogens is 1. The van der Waals surface area contributed by atoms with Gasteiger partial charge < -0.3 is 15.0 Å². The maximum Gasteiger partial charge on any atom is 0.143 e. The third kappa shape index (κ3) is 2.08. The molecule has 0 radical (unpaired) electrons. The number of nitrogens with one attached hydrogen (secondary N) is 1. The van der Waals surface area contributed by atoms with E-state index in [1.165, 1.54) is 0 Å². The number of aliphatic hydroxyl groups is 1. The second-order valence-electron chi connectivity index (χ2n) is 5.71. The molecule has 0 spiro atoms. The van der Waals surface area contributed by atoms with Gasteiger partial charge in [0.2, 0.25) is 0 Å². The molecule has 0 bridgehead atoms. The van der Waals surface area contributed by atoms with Crippen LogP contribution in [0.15, 0.2) is 12.3 Å². The van der Waals surface area contributed by atoms with Crippen LogP contribution in [-0.4, -0.2) is 39.3 Å². The highest BCUT2D eigenvalue weighted by molar-refractivity contribution is 5.88. The van der Waals surface area contributed by atoms with Gasteiger partial charge in [0, 0.05) is 31.1 Å². The predicted molar refractivity (Wildman–Crippen MR) is 75.4 cm³/mol. The number of hydrogen-bond acceptors (Lipinski definition) is 4. The van der Waals surface area contributed by atoms with Crippen molar-refractivity contribution in [3.05, 3.63) is 18.1 Å². The van der Waals surface area contributed by atoms with Crippen LogP contribution in [0.2, 0.25) is 0 Å². The van der Waals surface area contributed by atoms with Crippen LogP contribution >= 0.6 is 0 Å². The van der Waals surface area contributed by atoms with E-state index in [0.717, 1.165) is 35.8 Å². The second-order valence-corrected chi connectivity index (χ2v) is 5.71. The number of anilines is 1. The van der Waals surface area contributed by atoms with E-state index in [1.807, 2.05) is 19.2 Å². The Labute approximate surface area is 112 Å². The van der Waals surface area contributed by atoms with Crippen LogP contribution in [0.3, 0.4) is 0 Å². The number of rotatable bonds is 3. The van der Waals surface area contributed by atoms with Crippen LogP contribution in [0, 0.1) is 5.92 Å². The molecule has 0 saturated carbocycles. The monoisotopic (exact) mass is 260 g/mol. The summed E-state index contributed by atoms with van der Waals surface area (Å²) in [6.07, 6.45) is 1.66. The topological polar surface area (TPSA) is 65.0 Å². The van der Waals surface area contributed by atoms with E-state index < -0.39 is 0 Å². The van der Waals surface area contributed by atoms with E-state index in [0.29, 0.717) is 11.8 Å². The van der Waals surface area contributed by atoms with Crippen molar-refractivity contribution < 1.29 is 5.11 Å². The maximum atomic E-state index is 9.59. The van der Waals surface area contributed by atoms with Gasteiger partial charge in [0.1, 0.15) is 17.3 Å². The zero-order valence-corrected chi connectivity index (χ0v) is 11.6. The fraction of sp³-hybridized carbons (Fsp3) is 0.571. The molecule has 1 unspecified atom stereocenters. The van der Waals surface area contributed by atoms with Gasteiger partial charge in [-0.15, -0.1) is 0 Å². The minimum atomic E-state index is -0.246. The number of hydrogen-bond donors (Lipinski definition) is 2. The van der Waals surface area contributed by atoms with Gasteiger partial charge in [0.25, 0.3) is 0 Å². The van der Waals surface area contributed by atoms with Gasteiger partial charge in [-0.25, -0.2) is 9.97 Å². The highest BCUT2D eigenvalue weighted by Crippen LogP contribution is 2.31. The van der Waals surface area contributed by atoms with Gasteiger partial charge in [-0.2, -0.15) is 0 Å². The summed E-state index contributed by atoms with van der Waals surface area (Å²) in [4.78, 5) is 14.6. The summed E-state index contributed by atoms with van der Waals surface area (Å²) in [7, 11) is 0. The summed E-state index contributed by atoms with van der Waals surface area (Å²) in [6, 6.07) is 2.02. The number of nitrogens with zero attached hydrogens (tertiary/aromatic N) is 3.